The molecule has 1 fully saturated rings. The molecule has 1 saturated carbocycles. The average Bonchev–Trinajstić information content (AvgIpc) is 2.82. The summed E-state index contributed by atoms with van der Waals surface area (Å²) in [6, 6.07) is 0.820. The lowest BCUT2D eigenvalue weighted by Gasteiger charge is -2.28. The van der Waals surface area contributed by atoms with Crippen molar-refractivity contribution < 1.29 is 5.11 Å². The van der Waals surface area contributed by atoms with Crippen LogP contribution < -0.4 is 5.73 Å². The number of aliphatic hydroxyl groups is 1. The second-order valence-electron chi connectivity index (χ2n) is 4.90. The van der Waals surface area contributed by atoms with Crippen molar-refractivity contribution in [3.05, 3.63) is 0 Å². The number of rotatable bonds is 9. The van der Waals surface area contributed by atoms with Gasteiger partial charge in [0.15, 0.2) is 0 Å². The molecule has 0 bridgehead atoms. The zero-order valence-electron chi connectivity index (χ0n) is 10.5. The standard InChI is InChI=1S/C13H28N2O/c14-9-6-11-15(10-4-1-5-12-16)13-7-2-3-8-13/h13,16H,1-12,14H2. The predicted molar refractivity (Wildman–Crippen MR) is 68.4 cm³/mol. The molecule has 0 atom stereocenters. The van der Waals surface area contributed by atoms with Crippen molar-refractivity contribution in [3.63, 3.8) is 0 Å². The third kappa shape index (κ3) is 5.28. The molecule has 0 spiro atoms. The fourth-order valence-corrected chi connectivity index (χ4v) is 2.64. The number of hydrogen-bond acceptors (Lipinski definition) is 3. The Labute approximate surface area is 100 Å². The second-order valence-corrected chi connectivity index (χ2v) is 4.90. The molecule has 0 heterocycles. The first-order chi connectivity index (χ1) is 7.88. The van der Waals surface area contributed by atoms with E-state index in [1.165, 1.54) is 45.2 Å². The molecule has 0 aliphatic heterocycles. The highest BCUT2D eigenvalue weighted by molar-refractivity contribution is 4.77. The Balaban J connectivity index is 2.19. The summed E-state index contributed by atoms with van der Waals surface area (Å²) in [7, 11) is 0. The van der Waals surface area contributed by atoms with Crippen molar-refractivity contribution >= 4 is 0 Å². The Morgan fingerprint density at radius 2 is 1.69 bits per heavy atom. The highest BCUT2D eigenvalue weighted by atomic mass is 16.2. The SMILES string of the molecule is NCCCN(CCCCCO)C1CCCC1. The number of unbranched alkanes of at least 4 members (excludes halogenated alkanes) is 2. The van der Waals surface area contributed by atoms with Crippen LogP contribution in [0.1, 0.15) is 51.4 Å². The minimum atomic E-state index is 0.340. The van der Waals surface area contributed by atoms with Crippen molar-refractivity contribution in [1.82, 2.24) is 4.90 Å². The topological polar surface area (TPSA) is 49.5 Å². The maximum absolute atomic E-state index is 8.75. The molecule has 96 valence electrons. The van der Waals surface area contributed by atoms with Crippen LogP contribution in [0.25, 0.3) is 0 Å². The van der Waals surface area contributed by atoms with Crippen molar-refractivity contribution in [2.75, 3.05) is 26.2 Å². The highest BCUT2D eigenvalue weighted by Gasteiger charge is 2.21. The van der Waals surface area contributed by atoms with Gasteiger partial charge in [-0.3, -0.25) is 0 Å². The van der Waals surface area contributed by atoms with E-state index < -0.39 is 0 Å². The minimum Gasteiger partial charge on any atom is -0.396 e. The summed E-state index contributed by atoms with van der Waals surface area (Å²) in [5.41, 5.74) is 5.59. The van der Waals surface area contributed by atoms with Gasteiger partial charge in [-0.05, 0) is 58.2 Å². The highest BCUT2D eigenvalue weighted by Crippen LogP contribution is 2.23. The molecule has 0 amide bonds. The van der Waals surface area contributed by atoms with Gasteiger partial charge < -0.3 is 15.7 Å². The monoisotopic (exact) mass is 228 g/mol. The lowest BCUT2D eigenvalue weighted by molar-refractivity contribution is 0.190. The Hall–Kier alpha value is -0.120. The van der Waals surface area contributed by atoms with E-state index in [0.29, 0.717) is 6.61 Å². The first kappa shape index (κ1) is 13.9. The largest absolute Gasteiger partial charge is 0.396 e. The molecule has 3 N–H and O–H groups in total. The number of hydrogen-bond donors (Lipinski definition) is 2. The van der Waals surface area contributed by atoms with Gasteiger partial charge in [-0.2, -0.15) is 0 Å². The lowest BCUT2D eigenvalue weighted by atomic mass is 10.1. The van der Waals surface area contributed by atoms with Gasteiger partial charge in [-0.15, -0.1) is 0 Å². The molecule has 3 heteroatoms. The van der Waals surface area contributed by atoms with Gasteiger partial charge in [0.1, 0.15) is 0 Å². The van der Waals surface area contributed by atoms with Crippen LogP contribution in [0.4, 0.5) is 0 Å². The molecule has 0 radical (unpaired) electrons. The van der Waals surface area contributed by atoms with E-state index in [0.717, 1.165) is 31.8 Å². The van der Waals surface area contributed by atoms with Crippen LogP contribution in [0.2, 0.25) is 0 Å². The summed E-state index contributed by atoms with van der Waals surface area (Å²) in [5, 5.41) is 8.75. The Bertz CT molecular complexity index is 158. The summed E-state index contributed by atoms with van der Waals surface area (Å²) in [6.07, 6.45) is 10.0. The minimum absolute atomic E-state index is 0.340. The quantitative estimate of drug-likeness (QED) is 0.591. The number of aliphatic hydroxyl groups excluding tert-OH is 1. The molecule has 0 aromatic rings. The smallest absolute Gasteiger partial charge is 0.0431 e. The summed E-state index contributed by atoms with van der Waals surface area (Å²) in [4.78, 5) is 2.64. The Morgan fingerprint density at radius 1 is 1.00 bits per heavy atom. The van der Waals surface area contributed by atoms with Crippen LogP contribution in [0.15, 0.2) is 0 Å². The number of nitrogens with two attached hydrogens (primary N) is 1. The van der Waals surface area contributed by atoms with E-state index in [-0.39, 0.29) is 0 Å². The molecule has 1 aliphatic carbocycles. The molecule has 0 aromatic carbocycles. The van der Waals surface area contributed by atoms with Gasteiger partial charge in [0.2, 0.25) is 0 Å². The van der Waals surface area contributed by atoms with Crippen molar-refractivity contribution in [2.45, 2.75) is 57.4 Å². The van der Waals surface area contributed by atoms with Gasteiger partial charge in [-0.25, -0.2) is 0 Å². The van der Waals surface area contributed by atoms with Crippen molar-refractivity contribution in [2.24, 2.45) is 5.73 Å². The molecule has 0 aromatic heterocycles. The van der Waals surface area contributed by atoms with Gasteiger partial charge >= 0.3 is 0 Å². The zero-order chi connectivity index (χ0) is 11.6. The van der Waals surface area contributed by atoms with Crippen LogP contribution >= 0.6 is 0 Å². The first-order valence-corrected chi connectivity index (χ1v) is 6.93. The fraction of sp³-hybridized carbons (Fsp3) is 1.00. The molecule has 0 saturated heterocycles. The van der Waals surface area contributed by atoms with Gasteiger partial charge in [0.25, 0.3) is 0 Å². The Kier molecular flexibility index (Phi) is 7.81. The number of nitrogens with zero attached hydrogens (tertiary/aromatic N) is 1. The molecular weight excluding hydrogens is 200 g/mol. The van der Waals surface area contributed by atoms with Crippen LogP contribution in [0, 0.1) is 0 Å². The van der Waals surface area contributed by atoms with Gasteiger partial charge in [0, 0.05) is 12.6 Å². The molecule has 0 unspecified atom stereocenters. The predicted octanol–water partition coefficient (Wildman–Crippen LogP) is 1.74. The average molecular weight is 228 g/mol. The maximum Gasteiger partial charge on any atom is 0.0431 e. The fourth-order valence-electron chi connectivity index (χ4n) is 2.64. The summed E-state index contributed by atoms with van der Waals surface area (Å²) in [6.45, 7) is 3.51. The van der Waals surface area contributed by atoms with E-state index in [1.54, 1.807) is 0 Å². The van der Waals surface area contributed by atoms with E-state index >= 15 is 0 Å². The van der Waals surface area contributed by atoms with E-state index in [9.17, 15) is 0 Å². The van der Waals surface area contributed by atoms with Crippen LogP contribution in [-0.4, -0.2) is 42.3 Å². The van der Waals surface area contributed by atoms with Crippen molar-refractivity contribution in [3.8, 4) is 0 Å². The summed E-state index contributed by atoms with van der Waals surface area (Å²) < 4.78 is 0. The second kappa shape index (κ2) is 8.97. The molecule has 1 aliphatic rings. The third-order valence-electron chi connectivity index (χ3n) is 3.59. The Morgan fingerprint density at radius 3 is 2.31 bits per heavy atom. The van der Waals surface area contributed by atoms with Crippen LogP contribution in [-0.2, 0) is 0 Å². The zero-order valence-corrected chi connectivity index (χ0v) is 10.5. The molecule has 1 rings (SSSR count). The van der Waals surface area contributed by atoms with E-state index in [2.05, 4.69) is 4.90 Å². The van der Waals surface area contributed by atoms with Crippen LogP contribution in [0.5, 0.6) is 0 Å². The van der Waals surface area contributed by atoms with E-state index in [1.807, 2.05) is 0 Å². The third-order valence-corrected chi connectivity index (χ3v) is 3.59. The molecule has 16 heavy (non-hydrogen) atoms. The normalized spacial score (nSPS) is 17.4. The summed E-state index contributed by atoms with van der Waals surface area (Å²) >= 11 is 0. The first-order valence-electron chi connectivity index (χ1n) is 6.93. The molecular formula is C13H28N2O. The summed E-state index contributed by atoms with van der Waals surface area (Å²) in [5.74, 6) is 0. The molecule has 3 nitrogen and oxygen atoms in total. The maximum atomic E-state index is 8.75. The van der Waals surface area contributed by atoms with Gasteiger partial charge in [-0.1, -0.05) is 12.8 Å². The van der Waals surface area contributed by atoms with E-state index in [4.69, 9.17) is 10.8 Å². The lowest BCUT2D eigenvalue weighted by Crippen LogP contribution is -2.35. The van der Waals surface area contributed by atoms with Crippen LogP contribution in [0.3, 0.4) is 0 Å². The van der Waals surface area contributed by atoms with Crippen molar-refractivity contribution in [1.29, 1.82) is 0 Å². The van der Waals surface area contributed by atoms with Gasteiger partial charge in [0.05, 0.1) is 0 Å².